The van der Waals surface area contributed by atoms with Crippen molar-refractivity contribution in [1.29, 1.82) is 0 Å². The van der Waals surface area contributed by atoms with Crippen LogP contribution in [0.1, 0.15) is 38.5 Å². The van der Waals surface area contributed by atoms with E-state index in [4.69, 9.17) is 5.73 Å². The number of anilines is 2. The van der Waals surface area contributed by atoms with Crippen LogP contribution in [0.5, 0.6) is 0 Å². The molecular formula is C16H24ClN3O2. The number of benzene rings is 1. The molecule has 0 atom stereocenters. The predicted molar refractivity (Wildman–Crippen MR) is 90.9 cm³/mol. The Morgan fingerprint density at radius 3 is 2.50 bits per heavy atom. The lowest BCUT2D eigenvalue weighted by Crippen LogP contribution is -2.33. The largest absolute Gasteiger partial charge is 0.397 e. The second kappa shape index (κ2) is 9.30. The Hall–Kier alpha value is -1.75. The van der Waals surface area contributed by atoms with Crippen molar-refractivity contribution in [3.63, 3.8) is 0 Å². The number of carbonyl (C=O) groups is 2. The Balaban J connectivity index is 0.00000242. The van der Waals surface area contributed by atoms with Crippen LogP contribution in [-0.4, -0.2) is 18.4 Å². The summed E-state index contributed by atoms with van der Waals surface area (Å²) in [6.07, 6.45) is 6.48. The standard InChI is InChI=1S/C16H23N3O2.ClH/c17-13-7-3-4-8-14(13)19-16(21)11-18-15(20)10-9-12-5-1-2-6-12;/h3-4,7-8,12H,1-2,5-6,9-11,17H2,(H,18,20)(H,19,21);1H. The maximum absolute atomic E-state index is 11.7. The highest BCUT2D eigenvalue weighted by atomic mass is 35.5. The van der Waals surface area contributed by atoms with Gasteiger partial charge in [-0.1, -0.05) is 37.8 Å². The van der Waals surface area contributed by atoms with Gasteiger partial charge in [-0.05, 0) is 24.5 Å². The van der Waals surface area contributed by atoms with Crippen LogP contribution in [0.25, 0.3) is 0 Å². The summed E-state index contributed by atoms with van der Waals surface area (Å²) in [5.74, 6) is 0.369. The average molecular weight is 326 g/mol. The van der Waals surface area contributed by atoms with Gasteiger partial charge in [-0.3, -0.25) is 9.59 Å². The number of rotatable bonds is 6. The molecule has 5 nitrogen and oxygen atoms in total. The van der Waals surface area contributed by atoms with Crippen molar-refractivity contribution in [1.82, 2.24) is 5.32 Å². The van der Waals surface area contributed by atoms with E-state index in [1.54, 1.807) is 24.3 Å². The molecule has 2 amide bonds. The normalized spacial score (nSPS) is 14.2. The monoisotopic (exact) mass is 325 g/mol. The summed E-state index contributed by atoms with van der Waals surface area (Å²) < 4.78 is 0. The molecule has 1 fully saturated rings. The van der Waals surface area contributed by atoms with Crippen LogP contribution in [-0.2, 0) is 9.59 Å². The van der Waals surface area contributed by atoms with Crippen LogP contribution < -0.4 is 16.4 Å². The maximum atomic E-state index is 11.7. The van der Waals surface area contributed by atoms with E-state index < -0.39 is 0 Å². The van der Waals surface area contributed by atoms with Gasteiger partial charge in [0, 0.05) is 6.42 Å². The molecule has 1 aliphatic carbocycles. The number of nitrogens with one attached hydrogen (secondary N) is 2. The average Bonchev–Trinajstić information content (AvgIpc) is 2.99. The van der Waals surface area contributed by atoms with Crippen LogP contribution in [0, 0.1) is 5.92 Å². The third-order valence-corrected chi connectivity index (χ3v) is 3.94. The predicted octanol–water partition coefficient (Wildman–Crippen LogP) is 2.72. The van der Waals surface area contributed by atoms with Gasteiger partial charge >= 0.3 is 0 Å². The summed E-state index contributed by atoms with van der Waals surface area (Å²) in [5, 5.41) is 5.34. The fourth-order valence-corrected chi connectivity index (χ4v) is 2.71. The Labute approximate surface area is 137 Å². The SMILES string of the molecule is Cl.Nc1ccccc1NC(=O)CNC(=O)CCC1CCCC1. The van der Waals surface area contributed by atoms with Gasteiger partial charge in [0.1, 0.15) is 0 Å². The van der Waals surface area contributed by atoms with Crippen molar-refractivity contribution in [2.75, 3.05) is 17.6 Å². The second-order valence-corrected chi connectivity index (χ2v) is 5.60. The summed E-state index contributed by atoms with van der Waals surface area (Å²) >= 11 is 0. The molecule has 0 saturated heterocycles. The highest BCUT2D eigenvalue weighted by molar-refractivity contribution is 5.96. The Morgan fingerprint density at radius 2 is 1.82 bits per heavy atom. The van der Waals surface area contributed by atoms with Gasteiger partial charge in [-0.15, -0.1) is 12.4 Å². The van der Waals surface area contributed by atoms with Crippen LogP contribution in [0.15, 0.2) is 24.3 Å². The number of carbonyl (C=O) groups excluding carboxylic acids is 2. The lowest BCUT2D eigenvalue weighted by atomic mass is 10.0. The van der Waals surface area contributed by atoms with E-state index in [-0.39, 0.29) is 30.8 Å². The summed E-state index contributed by atoms with van der Waals surface area (Å²) in [6, 6.07) is 7.05. The molecule has 0 spiro atoms. The van der Waals surface area contributed by atoms with Gasteiger partial charge in [0.25, 0.3) is 0 Å². The van der Waals surface area contributed by atoms with Crippen molar-refractivity contribution in [2.45, 2.75) is 38.5 Å². The quantitative estimate of drug-likeness (QED) is 0.703. The summed E-state index contributed by atoms with van der Waals surface area (Å²) in [4.78, 5) is 23.5. The molecule has 0 heterocycles. The minimum absolute atomic E-state index is 0. The van der Waals surface area contributed by atoms with Crippen molar-refractivity contribution in [2.24, 2.45) is 5.92 Å². The number of hydrogen-bond donors (Lipinski definition) is 3. The van der Waals surface area contributed by atoms with E-state index in [1.165, 1.54) is 25.7 Å². The molecular weight excluding hydrogens is 302 g/mol. The molecule has 1 saturated carbocycles. The van der Waals surface area contributed by atoms with Gasteiger partial charge in [0.05, 0.1) is 17.9 Å². The molecule has 4 N–H and O–H groups in total. The molecule has 0 unspecified atom stereocenters. The first-order chi connectivity index (χ1) is 10.1. The van der Waals surface area contributed by atoms with Gasteiger partial charge in [0.15, 0.2) is 0 Å². The number of hydrogen-bond acceptors (Lipinski definition) is 3. The Bertz CT molecular complexity index is 502. The van der Waals surface area contributed by atoms with Crippen molar-refractivity contribution >= 4 is 35.6 Å². The van der Waals surface area contributed by atoms with Gasteiger partial charge < -0.3 is 16.4 Å². The van der Waals surface area contributed by atoms with Crippen LogP contribution >= 0.6 is 12.4 Å². The fraction of sp³-hybridized carbons (Fsp3) is 0.500. The first-order valence-electron chi connectivity index (χ1n) is 7.56. The topological polar surface area (TPSA) is 84.2 Å². The molecule has 6 heteroatoms. The molecule has 22 heavy (non-hydrogen) atoms. The highest BCUT2D eigenvalue weighted by Gasteiger charge is 2.16. The number of para-hydroxylation sites is 2. The second-order valence-electron chi connectivity index (χ2n) is 5.60. The minimum atomic E-state index is -0.262. The third-order valence-electron chi connectivity index (χ3n) is 3.94. The zero-order valence-corrected chi connectivity index (χ0v) is 13.5. The van der Waals surface area contributed by atoms with Crippen LogP contribution in [0.2, 0.25) is 0 Å². The maximum Gasteiger partial charge on any atom is 0.243 e. The molecule has 2 rings (SSSR count). The van der Waals surface area contributed by atoms with Crippen LogP contribution in [0.4, 0.5) is 11.4 Å². The summed E-state index contributed by atoms with van der Waals surface area (Å²) in [7, 11) is 0. The van der Waals surface area contributed by atoms with E-state index in [9.17, 15) is 9.59 Å². The zero-order valence-electron chi connectivity index (χ0n) is 12.6. The van der Waals surface area contributed by atoms with Crippen molar-refractivity contribution < 1.29 is 9.59 Å². The van der Waals surface area contributed by atoms with E-state index >= 15 is 0 Å². The molecule has 0 radical (unpaired) electrons. The van der Waals surface area contributed by atoms with E-state index in [1.807, 2.05) is 0 Å². The number of nitrogens with two attached hydrogens (primary N) is 1. The lowest BCUT2D eigenvalue weighted by molar-refractivity contribution is -0.124. The molecule has 0 aliphatic heterocycles. The first kappa shape index (κ1) is 18.3. The molecule has 0 aromatic heterocycles. The molecule has 122 valence electrons. The van der Waals surface area contributed by atoms with E-state index in [0.29, 0.717) is 23.7 Å². The Morgan fingerprint density at radius 1 is 1.14 bits per heavy atom. The summed E-state index contributed by atoms with van der Waals surface area (Å²) in [6.45, 7) is -0.0160. The zero-order chi connectivity index (χ0) is 15.1. The van der Waals surface area contributed by atoms with Gasteiger partial charge in [-0.2, -0.15) is 0 Å². The number of amides is 2. The Kier molecular flexibility index (Phi) is 7.74. The summed E-state index contributed by atoms with van der Waals surface area (Å²) in [5.41, 5.74) is 6.82. The van der Waals surface area contributed by atoms with Gasteiger partial charge in [0.2, 0.25) is 11.8 Å². The lowest BCUT2D eigenvalue weighted by Gasteiger charge is -2.10. The van der Waals surface area contributed by atoms with Gasteiger partial charge in [-0.25, -0.2) is 0 Å². The smallest absolute Gasteiger partial charge is 0.243 e. The number of nitrogen functional groups attached to an aromatic ring is 1. The first-order valence-corrected chi connectivity index (χ1v) is 7.56. The number of halogens is 1. The highest BCUT2D eigenvalue weighted by Crippen LogP contribution is 2.28. The molecule has 1 aromatic rings. The molecule has 1 aromatic carbocycles. The third kappa shape index (κ3) is 5.93. The van der Waals surface area contributed by atoms with Crippen LogP contribution in [0.3, 0.4) is 0 Å². The fourth-order valence-electron chi connectivity index (χ4n) is 2.71. The molecule has 0 bridgehead atoms. The van der Waals surface area contributed by atoms with Crippen molar-refractivity contribution in [3.05, 3.63) is 24.3 Å². The van der Waals surface area contributed by atoms with Crippen molar-refractivity contribution in [3.8, 4) is 0 Å². The van der Waals surface area contributed by atoms with E-state index in [2.05, 4.69) is 10.6 Å². The van der Waals surface area contributed by atoms with E-state index in [0.717, 1.165) is 6.42 Å². The molecule has 1 aliphatic rings. The minimum Gasteiger partial charge on any atom is -0.397 e.